The molecule has 1 heterocycles. The first-order valence-electron chi connectivity index (χ1n) is 9.17. The lowest BCUT2D eigenvalue weighted by molar-refractivity contribution is -0.387. The van der Waals surface area contributed by atoms with Crippen LogP contribution >= 0.6 is 0 Å². The predicted molar refractivity (Wildman–Crippen MR) is 108 cm³/mol. The quantitative estimate of drug-likeness (QED) is 0.428. The van der Waals surface area contributed by atoms with Gasteiger partial charge in [-0.15, -0.1) is 0 Å². The summed E-state index contributed by atoms with van der Waals surface area (Å²) in [7, 11) is 0. The zero-order chi connectivity index (χ0) is 22.5. The van der Waals surface area contributed by atoms with Gasteiger partial charge in [0.1, 0.15) is 5.71 Å². The molecule has 2 aromatic rings. The minimum atomic E-state index is -1.28. The number of nitro groups is 1. The van der Waals surface area contributed by atoms with E-state index in [2.05, 4.69) is 10.4 Å². The number of anilines is 2. The second kappa shape index (κ2) is 9.11. The largest absolute Gasteiger partial charge is 0.448 e. The molecule has 0 spiro atoms. The lowest BCUT2D eigenvalue weighted by Gasteiger charge is -2.23. The Morgan fingerprint density at radius 1 is 1.23 bits per heavy atom. The molecule has 0 fully saturated rings. The van der Waals surface area contributed by atoms with E-state index in [4.69, 9.17) is 4.74 Å². The predicted octanol–water partition coefficient (Wildman–Crippen LogP) is 2.79. The van der Waals surface area contributed by atoms with Crippen LogP contribution in [0.5, 0.6) is 0 Å². The van der Waals surface area contributed by atoms with Crippen LogP contribution < -0.4 is 10.3 Å². The van der Waals surface area contributed by atoms with Crippen LogP contribution in [0, 0.1) is 15.9 Å². The summed E-state index contributed by atoms with van der Waals surface area (Å²) >= 11 is 0. The Hall–Kier alpha value is -4.15. The van der Waals surface area contributed by atoms with Gasteiger partial charge in [-0.05, 0) is 31.2 Å². The number of hydrogen-bond donors (Lipinski definition) is 1. The molecule has 160 valence electrons. The molecule has 11 heteroatoms. The first-order chi connectivity index (χ1) is 14.8. The van der Waals surface area contributed by atoms with Gasteiger partial charge in [0, 0.05) is 24.6 Å². The zero-order valence-electron chi connectivity index (χ0n) is 16.3. The van der Waals surface area contributed by atoms with E-state index in [0.29, 0.717) is 5.69 Å². The number of esters is 1. The van der Waals surface area contributed by atoms with Crippen LogP contribution in [0.3, 0.4) is 0 Å². The third kappa shape index (κ3) is 5.07. The molecule has 0 saturated carbocycles. The standard InChI is InChI=1S/C20H17FN4O6/c1-12(19(27)22-13-7-8-15(21)17(11-13)25(29)30)31-20(28)16-9-10-18(26)24(23-16)14-5-3-2-4-6-14/h2-8,11-12H,9-10H2,1H3,(H,22,27). The average Bonchev–Trinajstić information content (AvgIpc) is 2.75. The van der Waals surface area contributed by atoms with Crippen LogP contribution in [0.15, 0.2) is 53.6 Å². The summed E-state index contributed by atoms with van der Waals surface area (Å²) < 4.78 is 18.5. The Labute approximate surface area is 175 Å². The van der Waals surface area contributed by atoms with Crippen molar-refractivity contribution in [1.82, 2.24) is 0 Å². The number of carbonyl (C=O) groups is 3. The molecule has 2 amide bonds. The van der Waals surface area contributed by atoms with Crippen molar-refractivity contribution in [3.63, 3.8) is 0 Å². The third-order valence-electron chi connectivity index (χ3n) is 4.33. The number of nitro benzene ring substituents is 1. The van der Waals surface area contributed by atoms with Crippen LogP contribution in [0.25, 0.3) is 0 Å². The van der Waals surface area contributed by atoms with E-state index in [-0.39, 0.29) is 30.1 Å². The van der Waals surface area contributed by atoms with Crippen molar-refractivity contribution in [3.05, 3.63) is 64.5 Å². The molecule has 1 aliphatic heterocycles. The monoisotopic (exact) mass is 428 g/mol. The normalized spacial score (nSPS) is 14.5. The summed E-state index contributed by atoms with van der Waals surface area (Å²) in [6.07, 6.45) is -1.18. The van der Waals surface area contributed by atoms with E-state index in [1.165, 1.54) is 6.92 Å². The van der Waals surface area contributed by atoms with Gasteiger partial charge in [-0.1, -0.05) is 18.2 Å². The minimum Gasteiger partial charge on any atom is -0.448 e. The van der Waals surface area contributed by atoms with E-state index in [1.54, 1.807) is 30.3 Å². The van der Waals surface area contributed by atoms with Crippen molar-refractivity contribution in [3.8, 4) is 0 Å². The number of ether oxygens (including phenoxy) is 1. The van der Waals surface area contributed by atoms with Crippen LogP contribution in [-0.4, -0.2) is 34.5 Å². The number of nitrogens with zero attached hydrogens (tertiary/aromatic N) is 3. The van der Waals surface area contributed by atoms with Crippen molar-refractivity contribution in [2.75, 3.05) is 10.3 Å². The molecule has 0 aromatic heterocycles. The SMILES string of the molecule is CC(OC(=O)C1=NN(c2ccccc2)C(=O)CC1)C(=O)Nc1ccc(F)c([N+](=O)[O-])c1. The Bertz CT molecular complexity index is 1070. The average molecular weight is 428 g/mol. The second-order valence-corrected chi connectivity index (χ2v) is 6.55. The highest BCUT2D eigenvalue weighted by Crippen LogP contribution is 2.22. The first-order valence-corrected chi connectivity index (χ1v) is 9.17. The molecule has 0 aliphatic carbocycles. The van der Waals surface area contributed by atoms with Crippen LogP contribution in [-0.2, 0) is 19.1 Å². The number of hydrogen-bond acceptors (Lipinski definition) is 7. The summed E-state index contributed by atoms with van der Waals surface area (Å²) in [5.41, 5.74) is -0.372. The van der Waals surface area contributed by atoms with Crippen molar-refractivity contribution < 1.29 is 28.4 Å². The highest BCUT2D eigenvalue weighted by molar-refractivity contribution is 6.38. The maximum absolute atomic E-state index is 13.4. The number of amides is 2. The highest BCUT2D eigenvalue weighted by atomic mass is 19.1. The number of benzene rings is 2. The van der Waals surface area contributed by atoms with Gasteiger partial charge >= 0.3 is 11.7 Å². The van der Waals surface area contributed by atoms with Crippen LogP contribution in [0.1, 0.15) is 19.8 Å². The van der Waals surface area contributed by atoms with Crippen LogP contribution in [0.2, 0.25) is 0 Å². The topological polar surface area (TPSA) is 131 Å². The maximum Gasteiger partial charge on any atom is 0.355 e. The van der Waals surface area contributed by atoms with Crippen molar-refractivity contribution in [2.45, 2.75) is 25.9 Å². The van der Waals surface area contributed by atoms with Gasteiger partial charge in [0.25, 0.3) is 5.91 Å². The molecule has 0 bridgehead atoms. The van der Waals surface area contributed by atoms with Gasteiger partial charge in [0.2, 0.25) is 11.7 Å². The number of hydrazone groups is 1. The van der Waals surface area contributed by atoms with Gasteiger partial charge < -0.3 is 10.1 Å². The van der Waals surface area contributed by atoms with Crippen molar-refractivity contribution in [1.29, 1.82) is 0 Å². The summed E-state index contributed by atoms with van der Waals surface area (Å²) in [4.78, 5) is 46.7. The van der Waals surface area contributed by atoms with E-state index >= 15 is 0 Å². The number of nitrogens with one attached hydrogen (secondary N) is 1. The number of rotatable bonds is 6. The highest BCUT2D eigenvalue weighted by Gasteiger charge is 2.29. The van der Waals surface area contributed by atoms with E-state index in [9.17, 15) is 28.9 Å². The molecule has 2 aromatic carbocycles. The Morgan fingerprint density at radius 2 is 1.94 bits per heavy atom. The van der Waals surface area contributed by atoms with E-state index in [0.717, 1.165) is 23.2 Å². The number of halogens is 1. The Morgan fingerprint density at radius 3 is 2.61 bits per heavy atom. The summed E-state index contributed by atoms with van der Waals surface area (Å²) in [5, 5.41) is 18.3. The molecular weight excluding hydrogens is 411 g/mol. The van der Waals surface area contributed by atoms with Gasteiger partial charge in [-0.25, -0.2) is 9.80 Å². The molecule has 1 atom stereocenters. The minimum absolute atomic E-state index is 0.0273. The lowest BCUT2D eigenvalue weighted by Crippen LogP contribution is -2.37. The van der Waals surface area contributed by atoms with Gasteiger partial charge in [-0.2, -0.15) is 9.49 Å². The van der Waals surface area contributed by atoms with Crippen LogP contribution in [0.4, 0.5) is 21.5 Å². The van der Waals surface area contributed by atoms with E-state index in [1.807, 2.05) is 0 Å². The lowest BCUT2D eigenvalue weighted by atomic mass is 10.1. The number of para-hydroxylation sites is 1. The molecule has 1 unspecified atom stereocenters. The maximum atomic E-state index is 13.4. The fourth-order valence-corrected chi connectivity index (χ4v) is 2.73. The summed E-state index contributed by atoms with van der Waals surface area (Å²) in [6.45, 7) is 1.30. The molecule has 0 saturated heterocycles. The third-order valence-corrected chi connectivity index (χ3v) is 4.33. The van der Waals surface area contributed by atoms with Crippen molar-refractivity contribution >= 4 is 40.6 Å². The molecule has 1 aliphatic rings. The summed E-state index contributed by atoms with van der Waals surface area (Å²) in [5.74, 6) is -2.98. The van der Waals surface area contributed by atoms with E-state index < -0.39 is 34.4 Å². The molecule has 0 radical (unpaired) electrons. The van der Waals surface area contributed by atoms with Gasteiger partial charge in [0.15, 0.2) is 6.10 Å². The molecular formula is C20H17FN4O6. The second-order valence-electron chi connectivity index (χ2n) is 6.55. The smallest absolute Gasteiger partial charge is 0.355 e. The van der Waals surface area contributed by atoms with Gasteiger partial charge in [0.05, 0.1) is 10.6 Å². The molecule has 10 nitrogen and oxygen atoms in total. The van der Waals surface area contributed by atoms with Gasteiger partial charge in [-0.3, -0.25) is 19.7 Å². The van der Waals surface area contributed by atoms with Crippen molar-refractivity contribution in [2.24, 2.45) is 5.10 Å². The zero-order valence-corrected chi connectivity index (χ0v) is 16.3. The Balaban J connectivity index is 1.67. The molecule has 31 heavy (non-hydrogen) atoms. The summed E-state index contributed by atoms with van der Waals surface area (Å²) in [6, 6.07) is 11.4. The number of carbonyl (C=O) groups excluding carboxylic acids is 3. The fourth-order valence-electron chi connectivity index (χ4n) is 2.73. The first kappa shape index (κ1) is 21.6. The molecule has 3 rings (SSSR count). The Kier molecular flexibility index (Phi) is 6.34. The molecule has 1 N–H and O–H groups in total. The fraction of sp³-hybridized carbons (Fsp3) is 0.200.